The van der Waals surface area contributed by atoms with Crippen molar-refractivity contribution in [2.75, 3.05) is 43.8 Å². The zero-order valence-electron chi connectivity index (χ0n) is 22.6. The first kappa shape index (κ1) is 26.8. The summed E-state index contributed by atoms with van der Waals surface area (Å²) in [6, 6.07) is 14.5. The zero-order valence-corrected chi connectivity index (χ0v) is 23.4. The van der Waals surface area contributed by atoms with E-state index in [9.17, 15) is 18.5 Å². The lowest BCUT2D eigenvalue weighted by Gasteiger charge is -2.20. The Balaban J connectivity index is 1.28. The van der Waals surface area contributed by atoms with Crippen LogP contribution in [-0.4, -0.2) is 68.2 Å². The molecule has 1 amide bonds. The van der Waals surface area contributed by atoms with Crippen molar-refractivity contribution >= 4 is 32.7 Å². The molecule has 3 N–H and O–H groups in total. The molecule has 0 saturated heterocycles. The number of pyridine rings is 1. The van der Waals surface area contributed by atoms with Crippen LogP contribution in [0.1, 0.15) is 28.8 Å². The number of H-pyrrole nitrogens is 1. The number of hydrogen-bond donors (Lipinski definition) is 3. The second-order valence-electron chi connectivity index (χ2n) is 10.6. The van der Waals surface area contributed by atoms with Gasteiger partial charge in [0.2, 0.25) is 10.0 Å². The van der Waals surface area contributed by atoms with Gasteiger partial charge in [-0.15, -0.1) is 0 Å². The number of hydrogen-bond acceptors (Lipinski definition) is 7. The van der Waals surface area contributed by atoms with Crippen molar-refractivity contribution in [3.05, 3.63) is 66.0 Å². The van der Waals surface area contributed by atoms with Gasteiger partial charge in [-0.2, -0.15) is 5.26 Å². The average Bonchev–Trinajstić information content (AvgIpc) is 3.70. The number of rotatable bonds is 9. The summed E-state index contributed by atoms with van der Waals surface area (Å²) in [6.07, 6.45) is 7.20. The number of carbonyl (C=O) groups excluding carboxylic acids is 1. The first-order valence-electron chi connectivity index (χ1n) is 13.5. The Bertz CT molecular complexity index is 1790. The van der Waals surface area contributed by atoms with Gasteiger partial charge in [0.1, 0.15) is 18.0 Å². The monoisotopic (exact) mass is 570 g/mol. The molecule has 1 aliphatic carbocycles. The van der Waals surface area contributed by atoms with Crippen LogP contribution in [0.4, 0.5) is 5.69 Å². The maximum absolute atomic E-state index is 13.3. The van der Waals surface area contributed by atoms with Gasteiger partial charge in [0.15, 0.2) is 0 Å². The second kappa shape index (κ2) is 10.9. The summed E-state index contributed by atoms with van der Waals surface area (Å²) in [5.41, 5.74) is 4.95. The van der Waals surface area contributed by atoms with E-state index in [4.69, 9.17) is 4.74 Å². The third kappa shape index (κ3) is 6.04. The van der Waals surface area contributed by atoms with Crippen LogP contribution in [0.5, 0.6) is 5.75 Å². The molecular formula is C30H30N6O4S. The molecule has 210 valence electrons. The minimum atomic E-state index is -3.52. The number of fused-ring (bicyclic) bond motifs is 2. The number of amides is 1. The fourth-order valence-electron chi connectivity index (χ4n) is 5.11. The van der Waals surface area contributed by atoms with Crippen LogP contribution in [0.2, 0.25) is 0 Å². The topological polar surface area (TPSA) is 140 Å². The highest BCUT2D eigenvalue weighted by Crippen LogP contribution is 2.35. The summed E-state index contributed by atoms with van der Waals surface area (Å²) in [6.45, 7) is 3.38. The molecule has 10 nitrogen and oxygen atoms in total. The van der Waals surface area contributed by atoms with Crippen LogP contribution in [0, 0.1) is 17.2 Å². The Morgan fingerprint density at radius 1 is 1.12 bits per heavy atom. The standard InChI is InChI=1S/C30H30N6O4S/c1-41(38,39)35-24-11-20(15-31)10-22(12-24)27-18-34-29-26(27)13-23(17-33-29)21-4-5-25-28(14-21)40-9-8-36(30(25)37)7-6-32-16-19-2-3-19/h4-5,10-14,17-19,32,35H,2-3,6-9,16H2,1H3,(H,33,34). The number of nitriles is 1. The molecule has 2 aromatic carbocycles. The Kier molecular flexibility index (Phi) is 7.11. The molecule has 41 heavy (non-hydrogen) atoms. The van der Waals surface area contributed by atoms with E-state index < -0.39 is 10.0 Å². The lowest BCUT2D eigenvalue weighted by Crippen LogP contribution is -2.38. The minimum Gasteiger partial charge on any atom is -0.491 e. The molecule has 0 radical (unpaired) electrons. The summed E-state index contributed by atoms with van der Waals surface area (Å²) in [5, 5.41) is 13.8. The quantitative estimate of drug-likeness (QED) is 0.259. The van der Waals surface area contributed by atoms with Gasteiger partial charge in [-0.05, 0) is 72.8 Å². The van der Waals surface area contributed by atoms with E-state index in [0.717, 1.165) is 47.3 Å². The van der Waals surface area contributed by atoms with Gasteiger partial charge in [-0.25, -0.2) is 13.4 Å². The molecular weight excluding hydrogens is 540 g/mol. The summed E-state index contributed by atoms with van der Waals surface area (Å²) >= 11 is 0. The number of nitrogens with zero attached hydrogens (tertiary/aromatic N) is 3. The summed E-state index contributed by atoms with van der Waals surface area (Å²) in [4.78, 5) is 22.9. The second-order valence-corrected chi connectivity index (χ2v) is 12.4. The van der Waals surface area contributed by atoms with E-state index >= 15 is 0 Å². The number of aromatic amines is 1. The highest BCUT2D eigenvalue weighted by molar-refractivity contribution is 7.92. The van der Waals surface area contributed by atoms with E-state index in [1.165, 1.54) is 18.9 Å². The fourth-order valence-corrected chi connectivity index (χ4v) is 5.66. The number of ether oxygens (including phenoxy) is 1. The lowest BCUT2D eigenvalue weighted by molar-refractivity contribution is 0.0757. The van der Waals surface area contributed by atoms with Crippen LogP contribution in [0.25, 0.3) is 33.3 Å². The maximum Gasteiger partial charge on any atom is 0.257 e. The van der Waals surface area contributed by atoms with E-state index in [-0.39, 0.29) is 5.91 Å². The average molecular weight is 571 g/mol. The molecule has 0 atom stereocenters. The third-order valence-electron chi connectivity index (χ3n) is 7.35. The summed E-state index contributed by atoms with van der Waals surface area (Å²) < 4.78 is 32.1. The van der Waals surface area contributed by atoms with E-state index in [1.54, 1.807) is 24.5 Å². The minimum absolute atomic E-state index is 0.0327. The number of aromatic nitrogens is 2. The van der Waals surface area contributed by atoms with Gasteiger partial charge in [0, 0.05) is 42.0 Å². The van der Waals surface area contributed by atoms with Gasteiger partial charge >= 0.3 is 0 Å². The molecule has 1 aliphatic heterocycles. The molecule has 3 heterocycles. The number of sulfonamides is 1. The Labute approximate surface area is 238 Å². The van der Waals surface area contributed by atoms with Crippen molar-refractivity contribution in [2.24, 2.45) is 5.92 Å². The molecule has 1 saturated carbocycles. The lowest BCUT2D eigenvalue weighted by atomic mass is 9.99. The molecule has 4 aromatic rings. The normalized spacial score (nSPS) is 15.2. The zero-order chi connectivity index (χ0) is 28.6. The number of nitrogens with one attached hydrogen (secondary N) is 3. The Morgan fingerprint density at radius 3 is 2.76 bits per heavy atom. The molecule has 6 rings (SSSR count). The first-order chi connectivity index (χ1) is 19.8. The van der Waals surface area contributed by atoms with Crippen LogP contribution in [0.15, 0.2) is 54.9 Å². The molecule has 2 aromatic heterocycles. The Morgan fingerprint density at radius 2 is 1.98 bits per heavy atom. The van der Waals surface area contributed by atoms with E-state index in [0.29, 0.717) is 53.5 Å². The van der Waals surface area contributed by atoms with Crippen LogP contribution >= 0.6 is 0 Å². The summed E-state index contributed by atoms with van der Waals surface area (Å²) in [7, 11) is -3.52. The third-order valence-corrected chi connectivity index (χ3v) is 7.95. The van der Waals surface area contributed by atoms with E-state index in [2.05, 4.69) is 26.1 Å². The maximum atomic E-state index is 13.3. The molecule has 0 spiro atoms. The van der Waals surface area contributed by atoms with Crippen molar-refractivity contribution in [3.8, 4) is 34.1 Å². The Hall–Kier alpha value is -4.40. The number of carbonyl (C=O) groups is 1. The largest absolute Gasteiger partial charge is 0.491 e. The van der Waals surface area contributed by atoms with Crippen molar-refractivity contribution < 1.29 is 17.9 Å². The van der Waals surface area contributed by atoms with Crippen molar-refractivity contribution in [3.63, 3.8) is 0 Å². The molecule has 0 unspecified atom stereocenters. The predicted octanol–water partition coefficient (Wildman–Crippen LogP) is 3.97. The van der Waals surface area contributed by atoms with Crippen LogP contribution in [0.3, 0.4) is 0 Å². The predicted molar refractivity (Wildman–Crippen MR) is 157 cm³/mol. The van der Waals surface area contributed by atoms with Gasteiger partial charge < -0.3 is 19.9 Å². The summed E-state index contributed by atoms with van der Waals surface area (Å²) in [5.74, 6) is 1.31. The fraction of sp³-hybridized carbons (Fsp3) is 0.300. The van der Waals surface area contributed by atoms with Crippen molar-refractivity contribution in [1.82, 2.24) is 20.2 Å². The first-order valence-corrected chi connectivity index (χ1v) is 15.4. The van der Waals surface area contributed by atoms with Gasteiger partial charge in [0.25, 0.3) is 5.91 Å². The van der Waals surface area contributed by atoms with Crippen molar-refractivity contribution in [2.45, 2.75) is 12.8 Å². The highest BCUT2D eigenvalue weighted by Gasteiger charge is 2.25. The van der Waals surface area contributed by atoms with Crippen LogP contribution < -0.4 is 14.8 Å². The van der Waals surface area contributed by atoms with Gasteiger partial charge in [0.05, 0.1) is 35.7 Å². The molecule has 2 aliphatic rings. The molecule has 0 bridgehead atoms. The smallest absolute Gasteiger partial charge is 0.257 e. The van der Waals surface area contributed by atoms with Gasteiger partial charge in [-0.3, -0.25) is 9.52 Å². The number of anilines is 1. The van der Waals surface area contributed by atoms with Gasteiger partial charge in [-0.1, -0.05) is 6.07 Å². The molecule has 1 fully saturated rings. The molecule has 11 heteroatoms. The SMILES string of the molecule is CS(=O)(=O)Nc1cc(C#N)cc(-c2c[nH]c3ncc(-c4ccc5c(c4)OCCN(CCNCC4CC4)C5=O)cc23)c1. The van der Waals surface area contributed by atoms with Crippen molar-refractivity contribution in [1.29, 1.82) is 5.26 Å². The highest BCUT2D eigenvalue weighted by atomic mass is 32.2. The number of benzene rings is 2. The van der Waals surface area contributed by atoms with E-state index in [1.807, 2.05) is 29.2 Å². The van der Waals surface area contributed by atoms with Crippen LogP contribution in [-0.2, 0) is 10.0 Å².